The number of pyridine rings is 1. The van der Waals surface area contributed by atoms with E-state index in [1.807, 2.05) is 12.1 Å². The molecule has 0 bridgehead atoms. The van der Waals surface area contributed by atoms with Crippen molar-refractivity contribution in [2.75, 3.05) is 19.8 Å². The zero-order valence-corrected chi connectivity index (χ0v) is 28.3. The van der Waals surface area contributed by atoms with Gasteiger partial charge in [-0.3, -0.25) is 24.4 Å². The third kappa shape index (κ3) is 10.4. The summed E-state index contributed by atoms with van der Waals surface area (Å²) in [5.41, 5.74) is 5.25. The first-order valence-corrected chi connectivity index (χ1v) is 16.2. The lowest BCUT2D eigenvalue weighted by Crippen LogP contribution is -2.60. The van der Waals surface area contributed by atoms with Gasteiger partial charge < -0.3 is 30.0 Å². The number of carbonyl (C=O) groups is 3. The van der Waals surface area contributed by atoms with Crippen LogP contribution in [-0.2, 0) is 23.9 Å². The molecule has 3 heterocycles. The summed E-state index contributed by atoms with van der Waals surface area (Å²) in [5, 5.41) is 16.7. The van der Waals surface area contributed by atoms with Crippen molar-refractivity contribution >= 4 is 52.5 Å². The van der Waals surface area contributed by atoms with Crippen molar-refractivity contribution in [3.63, 3.8) is 0 Å². The molecule has 2 aliphatic rings. The van der Waals surface area contributed by atoms with E-state index in [4.69, 9.17) is 49.0 Å². The number of hydrogen-bond acceptors (Lipinski definition) is 9. The van der Waals surface area contributed by atoms with Crippen LogP contribution in [0.4, 0.5) is 0 Å². The van der Waals surface area contributed by atoms with Crippen molar-refractivity contribution < 1.29 is 33.7 Å². The Morgan fingerprint density at radius 2 is 1.83 bits per heavy atom. The molecule has 2 fully saturated rings. The maximum absolute atomic E-state index is 13.2. The van der Waals surface area contributed by atoms with Gasteiger partial charge in [-0.1, -0.05) is 54.7 Å². The highest BCUT2D eigenvalue weighted by Gasteiger charge is 2.48. The quantitative estimate of drug-likeness (QED) is 0.182. The lowest BCUT2D eigenvalue weighted by Gasteiger charge is -2.35. The van der Waals surface area contributed by atoms with Crippen LogP contribution >= 0.6 is 34.8 Å². The van der Waals surface area contributed by atoms with Gasteiger partial charge in [-0.25, -0.2) is 5.43 Å². The van der Waals surface area contributed by atoms with Crippen molar-refractivity contribution in [1.82, 2.24) is 26.1 Å². The number of alkyl halides is 3. The van der Waals surface area contributed by atoms with Gasteiger partial charge in [0.05, 0.1) is 30.1 Å². The Kier molecular flexibility index (Phi) is 12.5. The second-order valence-corrected chi connectivity index (χ2v) is 14.2. The topological polar surface area (TPSA) is 155 Å². The average Bonchev–Trinajstić information content (AvgIpc) is 3.81. The molecule has 4 N–H and O–H groups in total. The van der Waals surface area contributed by atoms with Crippen LogP contribution in [0.1, 0.15) is 52.3 Å². The molecule has 0 saturated carbocycles. The Hall–Kier alpha value is -2.71. The van der Waals surface area contributed by atoms with E-state index in [0.717, 1.165) is 18.4 Å². The SMILES string of the molecule is CC(C)[C@H](NC(=O)COc1ccc(-c2cccc([C@@H](C)O)n2)cc1)C(=O)N[C@@H](C)C(=O)N1CCC[C@@H](C2OC2OCC(Cl)(Cl)Cl)N1. The van der Waals surface area contributed by atoms with E-state index in [1.54, 1.807) is 58.0 Å². The van der Waals surface area contributed by atoms with Crippen molar-refractivity contribution in [2.45, 2.75) is 81.0 Å². The Morgan fingerprint density at radius 1 is 1.11 bits per heavy atom. The highest BCUT2D eigenvalue weighted by Crippen LogP contribution is 2.34. The number of nitrogens with one attached hydrogen (secondary N) is 3. The second-order valence-electron chi connectivity index (χ2n) is 11.7. The predicted octanol–water partition coefficient (Wildman–Crippen LogP) is 3.43. The highest BCUT2D eigenvalue weighted by molar-refractivity contribution is 6.67. The largest absolute Gasteiger partial charge is 0.484 e. The molecule has 0 aliphatic carbocycles. The van der Waals surface area contributed by atoms with Crippen molar-refractivity contribution in [2.24, 2.45) is 5.92 Å². The van der Waals surface area contributed by atoms with E-state index >= 15 is 0 Å². The number of ether oxygens (including phenoxy) is 3. The molecule has 1 aromatic heterocycles. The molecule has 46 heavy (non-hydrogen) atoms. The molecule has 15 heteroatoms. The fourth-order valence-electron chi connectivity index (χ4n) is 4.98. The van der Waals surface area contributed by atoms with E-state index in [0.29, 0.717) is 23.7 Å². The van der Waals surface area contributed by atoms with E-state index in [9.17, 15) is 19.5 Å². The molecule has 0 spiro atoms. The van der Waals surface area contributed by atoms with E-state index in [1.165, 1.54) is 5.01 Å². The van der Waals surface area contributed by atoms with Crippen molar-refractivity contribution in [3.05, 3.63) is 48.2 Å². The average molecular weight is 701 g/mol. The summed E-state index contributed by atoms with van der Waals surface area (Å²) in [6.45, 7) is 6.86. The first-order valence-electron chi connectivity index (χ1n) is 15.1. The molecule has 2 aromatic rings. The lowest BCUT2D eigenvalue weighted by atomic mass is 10.0. The third-order valence-electron chi connectivity index (χ3n) is 7.49. The Morgan fingerprint density at radius 3 is 2.48 bits per heavy atom. The van der Waals surface area contributed by atoms with Crippen molar-refractivity contribution in [1.29, 1.82) is 0 Å². The van der Waals surface area contributed by atoms with Crippen LogP contribution in [0.3, 0.4) is 0 Å². The van der Waals surface area contributed by atoms with Gasteiger partial charge >= 0.3 is 0 Å². The molecule has 3 amide bonds. The van der Waals surface area contributed by atoms with Crippen LogP contribution in [-0.4, -0.2) is 86.9 Å². The lowest BCUT2D eigenvalue weighted by molar-refractivity contribution is -0.141. The predicted molar refractivity (Wildman–Crippen MR) is 173 cm³/mol. The number of hydrazine groups is 1. The number of benzene rings is 1. The first-order chi connectivity index (χ1) is 21.7. The summed E-state index contributed by atoms with van der Waals surface area (Å²) in [4.78, 5) is 43.6. The first kappa shape index (κ1) is 36.1. The second kappa shape index (κ2) is 15.9. The van der Waals surface area contributed by atoms with E-state index < -0.39 is 40.1 Å². The number of aliphatic hydroxyl groups is 1. The standard InChI is InChI=1S/C31H40Cl3N5O7/c1-17(2)26(37-25(41)15-44-21-12-10-20(11-13-21)23-8-5-7-22(36-23)19(4)40)28(42)35-18(3)29(43)39-14-6-9-24(38-39)27-30(46-27)45-16-31(32,33)34/h5,7-8,10-13,17-19,24,26-27,30,38,40H,6,9,14-16H2,1-4H3,(H,35,42)(H,37,41)/t18-,19+,24-,26-,27?,30?/m0/s1. The van der Waals surface area contributed by atoms with Gasteiger partial charge in [-0.2, -0.15) is 0 Å². The number of carbonyl (C=O) groups excluding carboxylic acids is 3. The summed E-state index contributed by atoms with van der Waals surface area (Å²) >= 11 is 17.2. The van der Waals surface area contributed by atoms with E-state index in [2.05, 4.69) is 21.0 Å². The molecule has 12 nitrogen and oxygen atoms in total. The summed E-state index contributed by atoms with van der Waals surface area (Å²) in [5.74, 6) is -1.10. The fourth-order valence-corrected chi connectivity index (χ4v) is 5.17. The molecule has 1 aromatic carbocycles. The number of epoxide rings is 1. The Bertz CT molecular complexity index is 1360. The zero-order valence-electron chi connectivity index (χ0n) is 26.0. The number of nitrogens with zero attached hydrogens (tertiary/aromatic N) is 2. The summed E-state index contributed by atoms with van der Waals surface area (Å²) in [7, 11) is 0. The highest BCUT2D eigenvalue weighted by atomic mass is 35.6. The molecule has 6 atom stereocenters. The van der Waals surface area contributed by atoms with Crippen LogP contribution in [0.15, 0.2) is 42.5 Å². The van der Waals surface area contributed by atoms with Crippen molar-refractivity contribution in [3.8, 4) is 17.0 Å². The maximum Gasteiger partial charge on any atom is 0.258 e. The monoisotopic (exact) mass is 699 g/mol. The minimum atomic E-state index is -1.55. The van der Waals surface area contributed by atoms with Gasteiger partial charge in [0.1, 0.15) is 23.9 Å². The number of aromatic nitrogens is 1. The molecular formula is C31H40Cl3N5O7. The summed E-state index contributed by atoms with van der Waals surface area (Å²) < 4.78 is 15.1. The normalized spacial score (nSPS) is 21.7. The van der Waals surface area contributed by atoms with Gasteiger partial charge in [0.2, 0.25) is 9.70 Å². The molecular weight excluding hydrogens is 661 g/mol. The number of aliphatic hydroxyl groups excluding tert-OH is 1. The van der Waals surface area contributed by atoms with Crippen LogP contribution in [0.2, 0.25) is 0 Å². The van der Waals surface area contributed by atoms with Gasteiger partial charge in [0, 0.05) is 12.1 Å². The Labute approximate surface area is 283 Å². The fraction of sp³-hybridized carbons (Fsp3) is 0.548. The van der Waals surface area contributed by atoms with Gasteiger partial charge in [-0.15, -0.1) is 0 Å². The van der Waals surface area contributed by atoms with Crippen LogP contribution < -0.4 is 20.8 Å². The molecule has 2 unspecified atom stereocenters. The maximum atomic E-state index is 13.2. The van der Waals surface area contributed by atoms with Gasteiger partial charge in [0.15, 0.2) is 12.9 Å². The molecule has 2 saturated heterocycles. The van der Waals surface area contributed by atoms with Gasteiger partial charge in [0.25, 0.3) is 11.8 Å². The summed E-state index contributed by atoms with van der Waals surface area (Å²) in [6.07, 6.45) is -0.0255. The molecule has 2 aliphatic heterocycles. The minimum absolute atomic E-state index is 0.121. The van der Waals surface area contributed by atoms with Gasteiger partial charge in [-0.05, 0) is 69.0 Å². The number of amides is 3. The van der Waals surface area contributed by atoms with Crippen LogP contribution in [0, 0.1) is 5.92 Å². The Balaban J connectivity index is 1.24. The zero-order chi connectivity index (χ0) is 33.6. The third-order valence-corrected chi connectivity index (χ3v) is 7.82. The molecule has 252 valence electrons. The molecule has 4 rings (SSSR count). The molecule has 0 radical (unpaired) electrons. The minimum Gasteiger partial charge on any atom is -0.484 e. The number of rotatable bonds is 13. The smallest absolute Gasteiger partial charge is 0.258 e. The van der Waals surface area contributed by atoms with Crippen LogP contribution in [0.25, 0.3) is 11.3 Å². The number of hydrogen-bond donors (Lipinski definition) is 4. The van der Waals surface area contributed by atoms with Crippen LogP contribution in [0.5, 0.6) is 5.75 Å². The number of halogens is 3. The summed E-state index contributed by atoms with van der Waals surface area (Å²) in [6, 6.07) is 10.5. The van der Waals surface area contributed by atoms with E-state index in [-0.39, 0.29) is 37.2 Å².